The van der Waals surface area contributed by atoms with Crippen LogP contribution in [0, 0.1) is 6.92 Å². The van der Waals surface area contributed by atoms with E-state index in [-0.39, 0.29) is 10.8 Å². The number of nitrogens with one attached hydrogen (secondary N) is 1. The van der Waals surface area contributed by atoms with Crippen molar-refractivity contribution in [3.63, 3.8) is 0 Å². The number of ether oxygens (including phenoxy) is 1. The summed E-state index contributed by atoms with van der Waals surface area (Å²) in [6.07, 6.45) is 4.01. The lowest BCUT2D eigenvalue weighted by atomic mass is 9.99. The van der Waals surface area contributed by atoms with Gasteiger partial charge in [0.05, 0.1) is 17.2 Å². The maximum atomic E-state index is 12.6. The lowest BCUT2D eigenvalue weighted by molar-refractivity contribution is 0.339. The largest absolute Gasteiger partial charge is 0.494 e. The van der Waals surface area contributed by atoms with Gasteiger partial charge in [-0.05, 0) is 38.8 Å². The third-order valence-electron chi connectivity index (χ3n) is 4.19. The molecule has 6 nitrogen and oxygen atoms in total. The highest BCUT2D eigenvalue weighted by Gasteiger charge is 2.24. The Kier molecular flexibility index (Phi) is 4.91. The van der Waals surface area contributed by atoms with E-state index in [1.54, 1.807) is 24.3 Å². The molecule has 0 spiro atoms. The van der Waals surface area contributed by atoms with E-state index < -0.39 is 10.0 Å². The minimum Gasteiger partial charge on any atom is -0.494 e. The lowest BCUT2D eigenvalue weighted by Gasteiger charge is -2.23. The van der Waals surface area contributed by atoms with Crippen molar-refractivity contribution in [2.24, 2.45) is 0 Å². The van der Waals surface area contributed by atoms with Crippen LogP contribution in [0.1, 0.15) is 37.2 Å². The number of aromatic nitrogens is 2. The molecule has 130 valence electrons. The molecule has 1 aromatic heterocycles. The van der Waals surface area contributed by atoms with Gasteiger partial charge < -0.3 is 9.30 Å². The number of benzene rings is 1. The first kappa shape index (κ1) is 17.0. The zero-order valence-corrected chi connectivity index (χ0v) is 14.8. The summed E-state index contributed by atoms with van der Waals surface area (Å²) in [4.78, 5) is 4.78. The topological polar surface area (TPSA) is 73.2 Å². The Bertz CT molecular complexity index is 814. The van der Waals surface area contributed by atoms with Gasteiger partial charge in [0.1, 0.15) is 11.6 Å². The molecule has 0 fully saturated rings. The Labute approximate surface area is 142 Å². The summed E-state index contributed by atoms with van der Waals surface area (Å²) < 4.78 is 35.3. The molecule has 1 aliphatic heterocycles. The van der Waals surface area contributed by atoms with Crippen molar-refractivity contribution in [2.75, 3.05) is 13.2 Å². The number of fused-ring (bicyclic) bond motifs is 1. The average Bonchev–Trinajstić information content (AvgIpc) is 2.94. The molecule has 2 heterocycles. The number of hydrogen-bond donors (Lipinski definition) is 1. The first-order valence-corrected chi connectivity index (χ1v) is 9.74. The quantitative estimate of drug-likeness (QED) is 0.869. The van der Waals surface area contributed by atoms with Gasteiger partial charge >= 0.3 is 0 Å². The fraction of sp³-hybridized carbons (Fsp3) is 0.471. The number of aryl methyl sites for hydroxylation is 2. The fourth-order valence-electron chi connectivity index (χ4n) is 3.09. The molecule has 1 N–H and O–H groups in total. The Morgan fingerprint density at radius 1 is 1.42 bits per heavy atom. The van der Waals surface area contributed by atoms with Crippen LogP contribution in [0.15, 0.2) is 35.4 Å². The Balaban J connectivity index is 1.73. The molecule has 24 heavy (non-hydrogen) atoms. The van der Waals surface area contributed by atoms with Crippen molar-refractivity contribution in [3.05, 3.63) is 42.0 Å². The SMILES string of the molecule is CCOc1cccc(S(=O)(=O)NCC2CCCn3cc(C)nc32)c1. The van der Waals surface area contributed by atoms with Gasteiger partial charge in [-0.2, -0.15) is 0 Å². The van der Waals surface area contributed by atoms with Crippen LogP contribution < -0.4 is 9.46 Å². The summed E-state index contributed by atoms with van der Waals surface area (Å²) in [7, 11) is -3.56. The predicted octanol–water partition coefficient (Wildman–Crippen LogP) is 2.45. The fourth-order valence-corrected chi connectivity index (χ4v) is 4.21. The number of nitrogens with zero attached hydrogens (tertiary/aromatic N) is 2. The number of hydrogen-bond acceptors (Lipinski definition) is 4. The third kappa shape index (κ3) is 3.62. The zero-order chi connectivity index (χ0) is 17.2. The van der Waals surface area contributed by atoms with Crippen molar-refractivity contribution >= 4 is 10.0 Å². The van der Waals surface area contributed by atoms with Gasteiger partial charge in [0.15, 0.2) is 0 Å². The first-order valence-electron chi connectivity index (χ1n) is 8.26. The maximum absolute atomic E-state index is 12.6. The monoisotopic (exact) mass is 349 g/mol. The average molecular weight is 349 g/mol. The van der Waals surface area contributed by atoms with Gasteiger partial charge in [-0.3, -0.25) is 0 Å². The van der Waals surface area contributed by atoms with Gasteiger partial charge in [0, 0.05) is 31.3 Å². The molecule has 0 bridgehead atoms. The molecule has 2 aromatic rings. The Hall–Kier alpha value is -1.86. The normalized spacial score (nSPS) is 17.5. The van der Waals surface area contributed by atoms with Crippen LogP contribution in [-0.2, 0) is 16.6 Å². The summed E-state index contributed by atoms with van der Waals surface area (Å²) >= 11 is 0. The molecule has 0 aliphatic carbocycles. The molecule has 3 rings (SSSR count). The van der Waals surface area contributed by atoms with E-state index in [0.717, 1.165) is 30.9 Å². The molecule has 1 aliphatic rings. The van der Waals surface area contributed by atoms with E-state index in [9.17, 15) is 8.42 Å². The molecule has 0 saturated heterocycles. The van der Waals surface area contributed by atoms with E-state index in [4.69, 9.17) is 4.74 Å². The van der Waals surface area contributed by atoms with E-state index >= 15 is 0 Å². The highest BCUT2D eigenvalue weighted by molar-refractivity contribution is 7.89. The van der Waals surface area contributed by atoms with E-state index in [1.165, 1.54) is 0 Å². The lowest BCUT2D eigenvalue weighted by Crippen LogP contribution is -2.31. The second-order valence-electron chi connectivity index (χ2n) is 6.03. The van der Waals surface area contributed by atoms with Gasteiger partial charge in [-0.25, -0.2) is 18.1 Å². The van der Waals surface area contributed by atoms with Crippen LogP contribution in [0.3, 0.4) is 0 Å². The van der Waals surface area contributed by atoms with Crippen molar-refractivity contribution in [1.82, 2.24) is 14.3 Å². The summed E-state index contributed by atoms with van der Waals surface area (Å²) in [6.45, 7) is 5.65. The Morgan fingerprint density at radius 3 is 3.04 bits per heavy atom. The van der Waals surface area contributed by atoms with Crippen molar-refractivity contribution in [2.45, 2.75) is 44.0 Å². The molecular weight excluding hydrogens is 326 g/mol. The smallest absolute Gasteiger partial charge is 0.240 e. The standard InChI is InChI=1S/C17H23N3O3S/c1-3-23-15-7-4-8-16(10-15)24(21,22)18-11-14-6-5-9-20-12-13(2)19-17(14)20/h4,7-8,10,12,14,18H,3,5-6,9,11H2,1-2H3. The third-order valence-corrected chi connectivity index (χ3v) is 5.61. The van der Waals surface area contributed by atoms with Gasteiger partial charge in [-0.1, -0.05) is 6.07 Å². The highest BCUT2D eigenvalue weighted by Crippen LogP contribution is 2.26. The summed E-state index contributed by atoms with van der Waals surface area (Å²) in [6, 6.07) is 6.58. The van der Waals surface area contributed by atoms with Crippen LogP contribution >= 0.6 is 0 Å². The molecule has 0 radical (unpaired) electrons. The molecule has 0 amide bonds. The Morgan fingerprint density at radius 2 is 2.25 bits per heavy atom. The molecule has 1 atom stereocenters. The van der Waals surface area contributed by atoms with Gasteiger partial charge in [0.2, 0.25) is 10.0 Å². The second-order valence-corrected chi connectivity index (χ2v) is 7.80. The minimum atomic E-state index is -3.56. The van der Waals surface area contributed by atoms with Crippen LogP contribution in [0.5, 0.6) is 5.75 Å². The predicted molar refractivity (Wildman–Crippen MR) is 91.7 cm³/mol. The second kappa shape index (κ2) is 6.94. The summed E-state index contributed by atoms with van der Waals surface area (Å²) in [5.41, 5.74) is 0.976. The number of sulfonamides is 1. The van der Waals surface area contributed by atoms with Crippen LogP contribution in [0.4, 0.5) is 0 Å². The van der Waals surface area contributed by atoms with E-state index in [2.05, 4.69) is 14.3 Å². The van der Waals surface area contributed by atoms with Crippen molar-refractivity contribution in [3.8, 4) is 5.75 Å². The molecule has 0 saturated carbocycles. The first-order chi connectivity index (χ1) is 11.5. The van der Waals surface area contributed by atoms with E-state index in [0.29, 0.717) is 18.9 Å². The summed E-state index contributed by atoms with van der Waals surface area (Å²) in [5.74, 6) is 1.64. The van der Waals surface area contributed by atoms with E-state index in [1.807, 2.05) is 20.0 Å². The zero-order valence-electron chi connectivity index (χ0n) is 14.0. The molecule has 7 heteroatoms. The number of rotatable bonds is 6. The van der Waals surface area contributed by atoms with Crippen LogP contribution in [0.2, 0.25) is 0 Å². The highest BCUT2D eigenvalue weighted by atomic mass is 32.2. The van der Waals surface area contributed by atoms with Crippen LogP contribution in [-0.4, -0.2) is 31.1 Å². The molecular formula is C17H23N3O3S. The van der Waals surface area contributed by atoms with Crippen molar-refractivity contribution < 1.29 is 13.2 Å². The summed E-state index contributed by atoms with van der Waals surface area (Å²) in [5, 5.41) is 0. The number of imidazole rings is 1. The molecule has 1 unspecified atom stereocenters. The van der Waals surface area contributed by atoms with Gasteiger partial charge in [0.25, 0.3) is 0 Å². The molecule has 1 aromatic carbocycles. The maximum Gasteiger partial charge on any atom is 0.240 e. The van der Waals surface area contributed by atoms with Gasteiger partial charge in [-0.15, -0.1) is 0 Å². The van der Waals surface area contributed by atoms with Crippen LogP contribution in [0.25, 0.3) is 0 Å². The minimum absolute atomic E-state index is 0.109. The van der Waals surface area contributed by atoms with Crippen molar-refractivity contribution in [1.29, 1.82) is 0 Å².